The van der Waals surface area contributed by atoms with Gasteiger partial charge in [0.15, 0.2) is 0 Å². The minimum Gasteiger partial charge on any atom is -0.326 e. The number of anilines is 2. The summed E-state index contributed by atoms with van der Waals surface area (Å²) in [7, 11) is 0. The Kier molecular flexibility index (Phi) is 6.46. The molecular weight excluding hydrogens is 316 g/mol. The number of amides is 2. The Morgan fingerprint density at radius 3 is 2.20 bits per heavy atom. The highest BCUT2D eigenvalue weighted by molar-refractivity contribution is 6.41. The van der Waals surface area contributed by atoms with Crippen LogP contribution in [0.3, 0.4) is 0 Å². The van der Waals surface area contributed by atoms with E-state index in [9.17, 15) is 14.4 Å². The van der Waals surface area contributed by atoms with Gasteiger partial charge in [0, 0.05) is 17.3 Å². The van der Waals surface area contributed by atoms with Gasteiger partial charge in [-0.2, -0.15) is 0 Å². The first-order valence-corrected chi connectivity index (χ1v) is 8.28. The van der Waals surface area contributed by atoms with E-state index in [2.05, 4.69) is 10.6 Å². The molecule has 0 saturated heterocycles. The summed E-state index contributed by atoms with van der Waals surface area (Å²) in [5.74, 6) is -1.54. The molecule has 25 heavy (non-hydrogen) atoms. The fourth-order valence-electron chi connectivity index (χ4n) is 2.26. The first-order chi connectivity index (χ1) is 12.0. The molecule has 0 unspecified atom stereocenters. The van der Waals surface area contributed by atoms with Gasteiger partial charge in [0.05, 0.1) is 6.42 Å². The lowest BCUT2D eigenvalue weighted by atomic mass is 10.0. The number of benzene rings is 2. The zero-order chi connectivity index (χ0) is 18.2. The van der Waals surface area contributed by atoms with Crippen LogP contribution >= 0.6 is 0 Å². The maximum Gasteiger partial charge on any atom is 0.292 e. The van der Waals surface area contributed by atoms with Gasteiger partial charge >= 0.3 is 0 Å². The summed E-state index contributed by atoms with van der Waals surface area (Å²) < 4.78 is 0. The Morgan fingerprint density at radius 1 is 0.920 bits per heavy atom. The number of hydrogen-bond acceptors (Lipinski definition) is 3. The van der Waals surface area contributed by atoms with Crippen molar-refractivity contribution in [2.75, 3.05) is 10.6 Å². The number of ketones is 1. The fourth-order valence-corrected chi connectivity index (χ4v) is 2.26. The van der Waals surface area contributed by atoms with Crippen LogP contribution in [0.25, 0.3) is 0 Å². The lowest BCUT2D eigenvalue weighted by Gasteiger charge is -2.10. The van der Waals surface area contributed by atoms with Gasteiger partial charge in [0.1, 0.15) is 0 Å². The first kappa shape index (κ1) is 18.4. The predicted octanol–water partition coefficient (Wildman–Crippen LogP) is 3.42. The number of Topliss-reactive ketones (excluding diaryl/α,β-unsaturated/α-hetero) is 1. The van der Waals surface area contributed by atoms with E-state index in [1.165, 1.54) is 0 Å². The quantitative estimate of drug-likeness (QED) is 0.760. The molecule has 0 aliphatic rings. The standard InChI is InChI=1S/C20H22N2O3/c1-3-14(2)19(24)20(25)22-17-11-7-10-16(13-17)21-18(23)12-15-8-5-4-6-9-15/h4-11,13-14H,3,12H2,1-2H3,(H,21,23)(H,22,25)/t14-/m0/s1. The lowest BCUT2D eigenvalue weighted by Crippen LogP contribution is -2.27. The van der Waals surface area contributed by atoms with E-state index in [1.807, 2.05) is 37.3 Å². The van der Waals surface area contributed by atoms with E-state index in [4.69, 9.17) is 0 Å². The molecule has 0 aromatic heterocycles. The summed E-state index contributed by atoms with van der Waals surface area (Å²) >= 11 is 0. The van der Waals surface area contributed by atoms with Crippen LogP contribution in [-0.4, -0.2) is 17.6 Å². The second kappa shape index (κ2) is 8.78. The van der Waals surface area contributed by atoms with Gasteiger partial charge < -0.3 is 10.6 Å². The molecule has 0 heterocycles. The van der Waals surface area contributed by atoms with Crippen LogP contribution in [0.2, 0.25) is 0 Å². The predicted molar refractivity (Wildman–Crippen MR) is 98.3 cm³/mol. The zero-order valence-electron chi connectivity index (χ0n) is 14.4. The second-order valence-corrected chi connectivity index (χ2v) is 5.92. The molecule has 2 aromatic rings. The van der Waals surface area contributed by atoms with Crippen molar-refractivity contribution in [3.05, 3.63) is 60.2 Å². The number of hydrogen-bond donors (Lipinski definition) is 2. The van der Waals surface area contributed by atoms with Gasteiger partial charge in [0.25, 0.3) is 5.91 Å². The van der Waals surface area contributed by atoms with Crippen molar-refractivity contribution in [1.82, 2.24) is 0 Å². The maximum atomic E-state index is 12.1. The van der Waals surface area contributed by atoms with Crippen LogP contribution < -0.4 is 10.6 Å². The van der Waals surface area contributed by atoms with Crippen LogP contribution in [0.15, 0.2) is 54.6 Å². The molecule has 0 bridgehead atoms. The lowest BCUT2D eigenvalue weighted by molar-refractivity contribution is -0.137. The molecule has 2 N–H and O–H groups in total. The van der Waals surface area contributed by atoms with Gasteiger partial charge in [-0.15, -0.1) is 0 Å². The van der Waals surface area contributed by atoms with E-state index >= 15 is 0 Å². The third kappa shape index (κ3) is 5.57. The molecule has 5 nitrogen and oxygen atoms in total. The summed E-state index contributed by atoms with van der Waals surface area (Å²) in [6.45, 7) is 3.58. The normalized spacial score (nSPS) is 11.4. The monoisotopic (exact) mass is 338 g/mol. The van der Waals surface area contributed by atoms with Crippen LogP contribution in [0.5, 0.6) is 0 Å². The summed E-state index contributed by atoms with van der Waals surface area (Å²) in [5, 5.41) is 5.37. The Labute approximate surface area is 147 Å². The molecule has 0 aliphatic carbocycles. The van der Waals surface area contributed by atoms with Gasteiger partial charge in [-0.05, 0) is 30.2 Å². The number of rotatable bonds is 7. The first-order valence-electron chi connectivity index (χ1n) is 8.28. The smallest absolute Gasteiger partial charge is 0.292 e. The Morgan fingerprint density at radius 2 is 1.56 bits per heavy atom. The van der Waals surface area contributed by atoms with Crippen molar-refractivity contribution < 1.29 is 14.4 Å². The maximum absolute atomic E-state index is 12.1. The fraction of sp³-hybridized carbons (Fsp3) is 0.250. The molecule has 0 saturated carbocycles. The van der Waals surface area contributed by atoms with E-state index in [0.717, 1.165) is 5.56 Å². The molecule has 0 radical (unpaired) electrons. The zero-order valence-corrected chi connectivity index (χ0v) is 14.4. The number of nitrogens with one attached hydrogen (secondary N) is 2. The average Bonchev–Trinajstić information content (AvgIpc) is 2.61. The van der Waals surface area contributed by atoms with E-state index < -0.39 is 11.7 Å². The molecule has 0 aliphatic heterocycles. The second-order valence-electron chi connectivity index (χ2n) is 5.92. The number of carbonyl (C=O) groups is 3. The van der Waals surface area contributed by atoms with Crippen LogP contribution in [0.1, 0.15) is 25.8 Å². The summed E-state index contributed by atoms with van der Waals surface area (Å²) in [6.07, 6.45) is 0.881. The molecule has 2 amide bonds. The SMILES string of the molecule is CC[C@H](C)C(=O)C(=O)Nc1cccc(NC(=O)Cc2ccccc2)c1. The third-order valence-electron chi connectivity index (χ3n) is 3.90. The van der Waals surface area contributed by atoms with E-state index in [-0.39, 0.29) is 18.2 Å². The molecule has 2 rings (SSSR count). The highest BCUT2D eigenvalue weighted by atomic mass is 16.2. The van der Waals surface area contributed by atoms with Crippen molar-refractivity contribution in [1.29, 1.82) is 0 Å². The van der Waals surface area contributed by atoms with Gasteiger partial charge in [-0.25, -0.2) is 0 Å². The van der Waals surface area contributed by atoms with Crippen molar-refractivity contribution in [2.45, 2.75) is 26.7 Å². The van der Waals surface area contributed by atoms with E-state index in [0.29, 0.717) is 17.8 Å². The molecule has 2 aromatic carbocycles. The number of carbonyl (C=O) groups excluding carboxylic acids is 3. The van der Waals surface area contributed by atoms with Crippen molar-refractivity contribution >= 4 is 29.0 Å². The Balaban J connectivity index is 1.97. The van der Waals surface area contributed by atoms with Gasteiger partial charge in [0.2, 0.25) is 11.7 Å². The average molecular weight is 338 g/mol. The Bertz CT molecular complexity index is 757. The topological polar surface area (TPSA) is 75.3 Å². The summed E-state index contributed by atoms with van der Waals surface area (Å²) in [5.41, 5.74) is 1.96. The van der Waals surface area contributed by atoms with E-state index in [1.54, 1.807) is 31.2 Å². The Hall–Kier alpha value is -2.95. The highest BCUT2D eigenvalue weighted by Gasteiger charge is 2.19. The third-order valence-corrected chi connectivity index (χ3v) is 3.90. The summed E-state index contributed by atoms with van der Waals surface area (Å²) in [4.78, 5) is 35.9. The molecule has 0 spiro atoms. The van der Waals surface area contributed by atoms with Crippen LogP contribution in [0, 0.1) is 5.92 Å². The largest absolute Gasteiger partial charge is 0.326 e. The molecule has 5 heteroatoms. The minimum atomic E-state index is -0.637. The van der Waals surface area contributed by atoms with Gasteiger partial charge in [-0.1, -0.05) is 50.2 Å². The molecular formula is C20H22N2O3. The van der Waals surface area contributed by atoms with Crippen LogP contribution in [-0.2, 0) is 20.8 Å². The van der Waals surface area contributed by atoms with Crippen LogP contribution in [0.4, 0.5) is 11.4 Å². The molecule has 130 valence electrons. The van der Waals surface area contributed by atoms with Crippen molar-refractivity contribution in [3.63, 3.8) is 0 Å². The summed E-state index contributed by atoms with van der Waals surface area (Å²) in [6, 6.07) is 16.2. The van der Waals surface area contributed by atoms with Gasteiger partial charge in [-0.3, -0.25) is 14.4 Å². The van der Waals surface area contributed by atoms with Crippen molar-refractivity contribution in [3.8, 4) is 0 Å². The minimum absolute atomic E-state index is 0.148. The molecule has 1 atom stereocenters. The highest BCUT2D eigenvalue weighted by Crippen LogP contribution is 2.16. The molecule has 0 fully saturated rings. The van der Waals surface area contributed by atoms with Crippen molar-refractivity contribution in [2.24, 2.45) is 5.92 Å².